The molecule has 0 heterocycles. The minimum Gasteiger partial charge on any atom is -0.395 e. The van der Waals surface area contributed by atoms with E-state index in [4.69, 9.17) is 4.84 Å². The summed E-state index contributed by atoms with van der Waals surface area (Å²) >= 11 is 0. The minimum atomic E-state index is 0.676. The van der Waals surface area contributed by atoms with Crippen molar-refractivity contribution < 1.29 is 4.84 Å². The van der Waals surface area contributed by atoms with Gasteiger partial charge < -0.3 is 4.84 Å². The number of benzene rings is 1. The zero-order valence-corrected chi connectivity index (χ0v) is 8.79. The van der Waals surface area contributed by atoms with Crippen molar-refractivity contribution in [2.75, 3.05) is 6.61 Å². The third-order valence-electron chi connectivity index (χ3n) is 1.85. The van der Waals surface area contributed by atoms with Crippen molar-refractivity contribution >= 4 is 6.21 Å². The van der Waals surface area contributed by atoms with Gasteiger partial charge in [-0.3, -0.25) is 0 Å². The molecular weight excluding hydrogens is 174 g/mol. The van der Waals surface area contributed by atoms with Crippen molar-refractivity contribution in [1.29, 1.82) is 0 Å². The summed E-state index contributed by atoms with van der Waals surface area (Å²) in [6.45, 7) is 4.84. The van der Waals surface area contributed by atoms with Crippen LogP contribution in [0.2, 0.25) is 0 Å². The van der Waals surface area contributed by atoms with E-state index in [0.717, 1.165) is 18.4 Å². The summed E-state index contributed by atoms with van der Waals surface area (Å²) in [7, 11) is 0. The van der Waals surface area contributed by atoms with Crippen molar-refractivity contribution in [3.8, 4) is 0 Å². The molecule has 0 aromatic heterocycles. The molecule has 0 N–H and O–H groups in total. The first kappa shape index (κ1) is 10.8. The second-order valence-corrected chi connectivity index (χ2v) is 3.26. The molecule has 75 valence electrons. The van der Waals surface area contributed by atoms with Gasteiger partial charge in [-0.05, 0) is 19.4 Å². The van der Waals surface area contributed by atoms with E-state index in [1.165, 1.54) is 5.56 Å². The Hall–Kier alpha value is -1.31. The van der Waals surface area contributed by atoms with Crippen molar-refractivity contribution in [3.63, 3.8) is 0 Å². The van der Waals surface area contributed by atoms with Gasteiger partial charge in [0.05, 0.1) is 0 Å². The van der Waals surface area contributed by atoms with Gasteiger partial charge in [0, 0.05) is 5.56 Å². The molecule has 0 bridgehead atoms. The Labute approximate surface area is 85.6 Å². The van der Waals surface area contributed by atoms with E-state index in [0.29, 0.717) is 6.61 Å². The molecule has 14 heavy (non-hydrogen) atoms. The summed E-state index contributed by atoms with van der Waals surface area (Å²) < 4.78 is 0. The van der Waals surface area contributed by atoms with Crippen molar-refractivity contribution in [2.24, 2.45) is 5.16 Å². The molecule has 0 aliphatic heterocycles. The van der Waals surface area contributed by atoms with Crippen LogP contribution in [0.5, 0.6) is 0 Å². The quantitative estimate of drug-likeness (QED) is 0.397. The van der Waals surface area contributed by atoms with Gasteiger partial charge in [0.15, 0.2) is 0 Å². The van der Waals surface area contributed by atoms with Crippen LogP contribution >= 0.6 is 0 Å². The molecule has 0 amide bonds. The topological polar surface area (TPSA) is 21.6 Å². The molecule has 0 aliphatic rings. The van der Waals surface area contributed by atoms with Crippen LogP contribution < -0.4 is 0 Å². The maximum absolute atomic E-state index is 5.03. The molecule has 2 heteroatoms. The fourth-order valence-electron chi connectivity index (χ4n) is 1.05. The fourth-order valence-corrected chi connectivity index (χ4v) is 1.05. The van der Waals surface area contributed by atoms with E-state index in [1.807, 2.05) is 31.2 Å². The fraction of sp³-hybridized carbons (Fsp3) is 0.417. The minimum absolute atomic E-state index is 0.676. The molecule has 0 aliphatic carbocycles. The Bertz CT molecular complexity index is 294. The van der Waals surface area contributed by atoms with Crippen molar-refractivity contribution in [3.05, 3.63) is 35.4 Å². The molecular formula is C12H16NO. The van der Waals surface area contributed by atoms with Crippen LogP contribution in [0.15, 0.2) is 29.4 Å². The van der Waals surface area contributed by atoms with Crippen LogP contribution in [-0.4, -0.2) is 12.8 Å². The number of rotatable bonds is 5. The molecule has 0 spiro atoms. The van der Waals surface area contributed by atoms with Gasteiger partial charge >= 0.3 is 0 Å². The van der Waals surface area contributed by atoms with Crippen molar-refractivity contribution in [1.82, 2.24) is 0 Å². The summed E-state index contributed by atoms with van der Waals surface area (Å²) in [5, 5.41) is 3.77. The van der Waals surface area contributed by atoms with Gasteiger partial charge in [0.1, 0.15) is 12.8 Å². The molecule has 1 radical (unpaired) electrons. The van der Waals surface area contributed by atoms with Crippen LogP contribution in [0, 0.1) is 6.92 Å². The van der Waals surface area contributed by atoms with Gasteiger partial charge in [0.2, 0.25) is 0 Å². The lowest BCUT2D eigenvalue weighted by Gasteiger charge is -1.96. The van der Waals surface area contributed by atoms with Crippen LogP contribution in [0.3, 0.4) is 0 Å². The van der Waals surface area contributed by atoms with Gasteiger partial charge in [-0.2, -0.15) is 0 Å². The van der Waals surface area contributed by atoms with Crippen LogP contribution in [0.4, 0.5) is 0 Å². The molecule has 0 saturated carbocycles. The second-order valence-electron chi connectivity index (χ2n) is 3.26. The Morgan fingerprint density at radius 1 is 1.43 bits per heavy atom. The third-order valence-corrected chi connectivity index (χ3v) is 1.85. The van der Waals surface area contributed by atoms with E-state index in [1.54, 1.807) is 0 Å². The van der Waals surface area contributed by atoms with Gasteiger partial charge in [-0.25, -0.2) is 0 Å². The summed E-state index contributed by atoms with van der Waals surface area (Å²) in [6.07, 6.45) is 5.01. The average molecular weight is 190 g/mol. The molecule has 2 nitrogen and oxygen atoms in total. The predicted octanol–water partition coefficient (Wildman–Crippen LogP) is 3.02. The maximum atomic E-state index is 5.03. The summed E-state index contributed by atoms with van der Waals surface area (Å²) in [5.74, 6) is 0. The van der Waals surface area contributed by atoms with Crippen LogP contribution in [-0.2, 0) is 4.84 Å². The molecule has 0 unspecified atom stereocenters. The predicted molar refractivity (Wildman–Crippen MR) is 58.6 cm³/mol. The third kappa shape index (κ3) is 4.08. The van der Waals surface area contributed by atoms with Crippen LogP contribution in [0.1, 0.15) is 30.9 Å². The average Bonchev–Trinajstić information content (AvgIpc) is 2.18. The van der Waals surface area contributed by atoms with Gasteiger partial charge in [-0.15, -0.1) is 0 Å². The zero-order chi connectivity index (χ0) is 10.2. The smallest absolute Gasteiger partial charge is 0.139 e. The second kappa shape index (κ2) is 6.19. The largest absolute Gasteiger partial charge is 0.395 e. The Morgan fingerprint density at radius 3 is 3.00 bits per heavy atom. The van der Waals surface area contributed by atoms with Crippen LogP contribution in [0.25, 0.3) is 0 Å². The summed E-state index contributed by atoms with van der Waals surface area (Å²) in [4.78, 5) is 5.03. The first-order valence-electron chi connectivity index (χ1n) is 4.97. The highest BCUT2D eigenvalue weighted by Crippen LogP contribution is 2.01. The first-order valence-corrected chi connectivity index (χ1v) is 4.97. The van der Waals surface area contributed by atoms with E-state index in [2.05, 4.69) is 18.3 Å². The van der Waals surface area contributed by atoms with Crippen molar-refractivity contribution in [2.45, 2.75) is 26.7 Å². The monoisotopic (exact) mass is 190 g/mol. The van der Waals surface area contributed by atoms with Gasteiger partial charge in [-0.1, -0.05) is 42.3 Å². The summed E-state index contributed by atoms with van der Waals surface area (Å²) in [6, 6.07) is 8.01. The van der Waals surface area contributed by atoms with E-state index in [-0.39, 0.29) is 0 Å². The molecule has 0 fully saturated rings. The highest BCUT2D eigenvalue weighted by atomic mass is 16.6. The summed E-state index contributed by atoms with van der Waals surface area (Å²) in [5.41, 5.74) is 2.17. The maximum Gasteiger partial charge on any atom is 0.139 e. The highest BCUT2D eigenvalue weighted by molar-refractivity contribution is 5.79. The lowest BCUT2D eigenvalue weighted by Crippen LogP contribution is -1.88. The Balaban J connectivity index is 2.36. The highest BCUT2D eigenvalue weighted by Gasteiger charge is 1.89. The van der Waals surface area contributed by atoms with E-state index in [9.17, 15) is 0 Å². The van der Waals surface area contributed by atoms with E-state index < -0.39 is 0 Å². The Kier molecular flexibility index (Phi) is 4.76. The number of aryl methyl sites for hydroxylation is 1. The number of nitrogens with zero attached hydrogens (tertiary/aromatic N) is 1. The lowest BCUT2D eigenvalue weighted by molar-refractivity contribution is 0.143. The molecule has 1 rings (SSSR count). The number of unbranched alkanes of at least 4 members (excludes halogenated alkanes) is 1. The van der Waals surface area contributed by atoms with Gasteiger partial charge in [0.25, 0.3) is 0 Å². The number of hydrogen-bond acceptors (Lipinski definition) is 2. The molecule has 1 aromatic rings. The number of hydrogen-bond donors (Lipinski definition) is 0. The molecule has 0 saturated heterocycles. The first-order chi connectivity index (χ1) is 6.83. The molecule has 1 aromatic carbocycles. The normalized spacial score (nSPS) is 10.7. The zero-order valence-electron chi connectivity index (χ0n) is 8.79. The Morgan fingerprint density at radius 2 is 2.29 bits per heavy atom. The molecule has 0 atom stereocenters. The SMILES string of the molecule is CCCCO/N=[C]\c1cccc(C)c1. The lowest BCUT2D eigenvalue weighted by atomic mass is 10.2. The van der Waals surface area contributed by atoms with E-state index >= 15 is 0 Å². The standard InChI is InChI=1S/C12H16NO/c1-3-4-8-14-13-10-12-7-5-6-11(2)9-12/h5-7,9H,3-4,8H2,1-2H3.